The maximum Gasteiger partial charge on any atom is 0.239 e. The van der Waals surface area contributed by atoms with Crippen molar-refractivity contribution < 1.29 is 4.79 Å². The van der Waals surface area contributed by atoms with E-state index in [-0.39, 0.29) is 18.0 Å². The maximum absolute atomic E-state index is 11.3. The van der Waals surface area contributed by atoms with E-state index in [1.54, 1.807) is 11.8 Å². The van der Waals surface area contributed by atoms with Crippen LogP contribution in [0.1, 0.15) is 27.7 Å². The smallest absolute Gasteiger partial charge is 0.239 e. The van der Waals surface area contributed by atoms with Gasteiger partial charge in [-0.1, -0.05) is 0 Å². The lowest BCUT2D eigenvalue weighted by atomic mass is 10.2. The fourth-order valence-corrected chi connectivity index (χ4v) is 1.04. The molecule has 0 aliphatic heterocycles. The van der Waals surface area contributed by atoms with Crippen LogP contribution in [-0.2, 0) is 4.79 Å². The second-order valence-corrected chi connectivity index (χ2v) is 3.01. The summed E-state index contributed by atoms with van der Waals surface area (Å²) in [6.45, 7) is 8.39. The second-order valence-electron chi connectivity index (χ2n) is 3.01. The lowest BCUT2D eigenvalue weighted by molar-refractivity contribution is -0.133. The number of carbonyl (C=O) groups is 1. The number of hydrogen-bond acceptors (Lipinski definition) is 2. The molecule has 0 radical (unpaired) electrons. The zero-order chi connectivity index (χ0) is 9.02. The highest BCUT2D eigenvalue weighted by Gasteiger charge is 2.17. The first-order valence-corrected chi connectivity index (χ1v) is 4.06. The summed E-state index contributed by atoms with van der Waals surface area (Å²) < 4.78 is 0. The first-order valence-electron chi connectivity index (χ1n) is 4.06. The van der Waals surface area contributed by atoms with Crippen LogP contribution < -0.4 is 5.73 Å². The third kappa shape index (κ3) is 2.89. The van der Waals surface area contributed by atoms with Crippen LogP contribution in [-0.4, -0.2) is 29.4 Å². The number of likely N-dealkylation sites (N-methyl/N-ethyl adjacent to an activating group) is 1. The van der Waals surface area contributed by atoms with Crippen LogP contribution in [0, 0.1) is 0 Å². The van der Waals surface area contributed by atoms with E-state index in [0.717, 1.165) is 6.54 Å². The summed E-state index contributed by atoms with van der Waals surface area (Å²) >= 11 is 0. The molecular weight excluding hydrogens is 140 g/mol. The largest absolute Gasteiger partial charge is 0.339 e. The van der Waals surface area contributed by atoms with E-state index >= 15 is 0 Å². The SMILES string of the molecule is CCN(C(=O)[C@@H](C)N)C(C)C. The molecule has 0 aromatic rings. The van der Waals surface area contributed by atoms with Gasteiger partial charge in [0.25, 0.3) is 0 Å². The number of amides is 1. The molecule has 0 fully saturated rings. The lowest BCUT2D eigenvalue weighted by Crippen LogP contribution is -2.45. The fourth-order valence-electron chi connectivity index (χ4n) is 1.04. The Morgan fingerprint density at radius 3 is 2.00 bits per heavy atom. The molecule has 0 rings (SSSR count). The summed E-state index contributed by atoms with van der Waals surface area (Å²) in [7, 11) is 0. The van der Waals surface area contributed by atoms with Crippen LogP contribution in [0.2, 0.25) is 0 Å². The predicted molar refractivity (Wildman–Crippen MR) is 46.2 cm³/mol. The van der Waals surface area contributed by atoms with Gasteiger partial charge in [0.15, 0.2) is 0 Å². The molecule has 0 unspecified atom stereocenters. The van der Waals surface area contributed by atoms with Gasteiger partial charge in [0.2, 0.25) is 5.91 Å². The molecule has 0 aromatic carbocycles. The molecule has 0 heterocycles. The second kappa shape index (κ2) is 4.34. The fraction of sp³-hybridized carbons (Fsp3) is 0.875. The Balaban J connectivity index is 4.15. The van der Waals surface area contributed by atoms with Gasteiger partial charge in [-0.15, -0.1) is 0 Å². The van der Waals surface area contributed by atoms with E-state index in [0.29, 0.717) is 0 Å². The van der Waals surface area contributed by atoms with Gasteiger partial charge in [0.1, 0.15) is 0 Å². The van der Waals surface area contributed by atoms with Crippen molar-refractivity contribution in [1.29, 1.82) is 0 Å². The van der Waals surface area contributed by atoms with Gasteiger partial charge in [-0.05, 0) is 27.7 Å². The first kappa shape index (κ1) is 10.4. The average molecular weight is 158 g/mol. The molecule has 1 atom stereocenters. The van der Waals surface area contributed by atoms with Gasteiger partial charge in [0, 0.05) is 12.6 Å². The summed E-state index contributed by atoms with van der Waals surface area (Å²) in [5.41, 5.74) is 5.46. The van der Waals surface area contributed by atoms with E-state index in [2.05, 4.69) is 0 Å². The summed E-state index contributed by atoms with van der Waals surface area (Å²) in [5.74, 6) is 0.0301. The quantitative estimate of drug-likeness (QED) is 0.653. The van der Waals surface area contributed by atoms with Gasteiger partial charge in [0.05, 0.1) is 6.04 Å². The molecule has 0 spiro atoms. The molecule has 0 saturated carbocycles. The van der Waals surface area contributed by atoms with Crippen LogP contribution in [0.15, 0.2) is 0 Å². The average Bonchev–Trinajstić information content (AvgIpc) is 1.88. The molecule has 3 heteroatoms. The maximum atomic E-state index is 11.3. The minimum atomic E-state index is -0.377. The van der Waals surface area contributed by atoms with E-state index in [1.807, 2.05) is 20.8 Å². The van der Waals surface area contributed by atoms with Crippen molar-refractivity contribution >= 4 is 5.91 Å². The van der Waals surface area contributed by atoms with Crippen LogP contribution in [0.3, 0.4) is 0 Å². The van der Waals surface area contributed by atoms with E-state index in [1.165, 1.54) is 0 Å². The Labute approximate surface area is 68.6 Å². The molecule has 0 bridgehead atoms. The lowest BCUT2D eigenvalue weighted by Gasteiger charge is -2.26. The molecule has 0 saturated heterocycles. The standard InChI is InChI=1S/C8H18N2O/c1-5-10(6(2)3)8(11)7(4)9/h6-7H,5,9H2,1-4H3/t7-/m1/s1. The summed E-state index contributed by atoms with van der Waals surface area (Å²) in [4.78, 5) is 13.1. The highest BCUT2D eigenvalue weighted by atomic mass is 16.2. The molecule has 2 N–H and O–H groups in total. The van der Waals surface area contributed by atoms with Crippen molar-refractivity contribution in [3.8, 4) is 0 Å². The number of nitrogens with zero attached hydrogens (tertiary/aromatic N) is 1. The zero-order valence-corrected chi connectivity index (χ0v) is 7.79. The minimum Gasteiger partial charge on any atom is -0.339 e. The van der Waals surface area contributed by atoms with Crippen LogP contribution >= 0.6 is 0 Å². The predicted octanol–water partition coefficient (Wildman–Crippen LogP) is 0.591. The number of hydrogen-bond donors (Lipinski definition) is 1. The third-order valence-corrected chi connectivity index (χ3v) is 1.64. The van der Waals surface area contributed by atoms with Crippen molar-refractivity contribution in [2.45, 2.75) is 39.8 Å². The monoisotopic (exact) mass is 158 g/mol. The molecule has 11 heavy (non-hydrogen) atoms. The van der Waals surface area contributed by atoms with Crippen molar-refractivity contribution in [1.82, 2.24) is 4.90 Å². The molecule has 0 aliphatic rings. The van der Waals surface area contributed by atoms with Gasteiger partial charge in [-0.2, -0.15) is 0 Å². The number of rotatable bonds is 3. The van der Waals surface area contributed by atoms with Crippen molar-refractivity contribution in [3.05, 3.63) is 0 Å². The Bertz CT molecular complexity index is 132. The molecule has 0 aliphatic carbocycles. The Hall–Kier alpha value is -0.570. The molecular formula is C8H18N2O. The van der Waals surface area contributed by atoms with Gasteiger partial charge >= 0.3 is 0 Å². The molecule has 66 valence electrons. The summed E-state index contributed by atoms with van der Waals surface area (Å²) in [6.07, 6.45) is 0. The van der Waals surface area contributed by atoms with Crippen LogP contribution in [0.4, 0.5) is 0 Å². The van der Waals surface area contributed by atoms with Crippen molar-refractivity contribution in [3.63, 3.8) is 0 Å². The highest BCUT2D eigenvalue weighted by Crippen LogP contribution is 1.99. The summed E-state index contributed by atoms with van der Waals surface area (Å²) in [6, 6.07) is -0.129. The van der Waals surface area contributed by atoms with Gasteiger partial charge < -0.3 is 10.6 Å². The topological polar surface area (TPSA) is 46.3 Å². The Morgan fingerprint density at radius 2 is 1.91 bits per heavy atom. The molecule has 3 nitrogen and oxygen atoms in total. The molecule has 0 aromatic heterocycles. The summed E-state index contributed by atoms with van der Waals surface area (Å²) in [5, 5.41) is 0. The van der Waals surface area contributed by atoms with Crippen molar-refractivity contribution in [2.24, 2.45) is 5.73 Å². The van der Waals surface area contributed by atoms with Crippen LogP contribution in [0.5, 0.6) is 0 Å². The molecule has 1 amide bonds. The zero-order valence-electron chi connectivity index (χ0n) is 7.79. The van der Waals surface area contributed by atoms with E-state index in [9.17, 15) is 4.79 Å². The Kier molecular flexibility index (Phi) is 4.11. The Morgan fingerprint density at radius 1 is 1.45 bits per heavy atom. The van der Waals surface area contributed by atoms with E-state index in [4.69, 9.17) is 5.73 Å². The third-order valence-electron chi connectivity index (χ3n) is 1.64. The number of carbonyl (C=O) groups excluding carboxylic acids is 1. The van der Waals surface area contributed by atoms with Crippen molar-refractivity contribution in [2.75, 3.05) is 6.54 Å². The normalized spacial score (nSPS) is 13.3. The first-order chi connectivity index (χ1) is 5.00. The minimum absolute atomic E-state index is 0.0301. The van der Waals surface area contributed by atoms with Crippen LogP contribution in [0.25, 0.3) is 0 Å². The van der Waals surface area contributed by atoms with Gasteiger partial charge in [-0.25, -0.2) is 0 Å². The van der Waals surface area contributed by atoms with Gasteiger partial charge in [-0.3, -0.25) is 4.79 Å². The van der Waals surface area contributed by atoms with E-state index < -0.39 is 0 Å². The highest BCUT2D eigenvalue weighted by molar-refractivity contribution is 5.81. The number of nitrogens with two attached hydrogens (primary N) is 1.